The van der Waals surface area contributed by atoms with E-state index in [1.54, 1.807) is 11.8 Å². The smallest absolute Gasteiger partial charge is 0.270 e. The molecule has 0 aromatic heterocycles. The number of carbonyl (C=O) groups excluding carboxylic acids is 2. The van der Waals surface area contributed by atoms with Gasteiger partial charge in [0.15, 0.2) is 0 Å². The van der Waals surface area contributed by atoms with Crippen LogP contribution in [0.4, 0.5) is 11.4 Å². The van der Waals surface area contributed by atoms with Gasteiger partial charge >= 0.3 is 0 Å². The first-order chi connectivity index (χ1) is 15.2. The van der Waals surface area contributed by atoms with Crippen LogP contribution in [0.5, 0.6) is 0 Å². The molecule has 0 bridgehead atoms. The van der Waals surface area contributed by atoms with Crippen LogP contribution in [0, 0.1) is 10.1 Å². The zero-order valence-corrected chi connectivity index (χ0v) is 18.3. The normalized spacial score (nSPS) is 16.3. The van der Waals surface area contributed by atoms with Crippen LogP contribution in [0.2, 0.25) is 0 Å². The van der Waals surface area contributed by atoms with E-state index in [1.165, 1.54) is 42.5 Å². The minimum atomic E-state index is -4.03. The van der Waals surface area contributed by atoms with Crippen LogP contribution in [0.3, 0.4) is 0 Å². The van der Waals surface area contributed by atoms with Gasteiger partial charge in [0.25, 0.3) is 21.6 Å². The molecule has 1 unspecified atom stereocenters. The Kier molecular flexibility index (Phi) is 7.08. The van der Waals surface area contributed by atoms with Crippen molar-refractivity contribution in [2.75, 3.05) is 17.8 Å². The number of piperidine rings is 1. The Balaban J connectivity index is 1.68. The van der Waals surface area contributed by atoms with Gasteiger partial charge in [0.05, 0.1) is 9.82 Å². The number of hydrogen-bond acceptors (Lipinski definition) is 6. The fourth-order valence-electron chi connectivity index (χ4n) is 3.45. The molecule has 11 heteroatoms. The number of benzene rings is 2. The molecule has 0 aliphatic carbocycles. The van der Waals surface area contributed by atoms with E-state index in [1.807, 2.05) is 0 Å². The van der Waals surface area contributed by atoms with Crippen molar-refractivity contribution in [3.8, 4) is 0 Å². The molecule has 10 nitrogen and oxygen atoms in total. The van der Waals surface area contributed by atoms with E-state index in [4.69, 9.17) is 0 Å². The summed E-state index contributed by atoms with van der Waals surface area (Å²) in [5.41, 5.74) is 0.286. The zero-order valence-electron chi connectivity index (χ0n) is 17.5. The molecular weight excluding hydrogens is 436 g/mol. The molecule has 1 saturated heterocycles. The van der Waals surface area contributed by atoms with Gasteiger partial charge in [-0.15, -0.1) is 0 Å². The van der Waals surface area contributed by atoms with Crippen LogP contribution in [-0.2, 0) is 14.8 Å². The number of amides is 2. The summed E-state index contributed by atoms with van der Waals surface area (Å²) in [6.07, 6.45) is 1.98. The Bertz CT molecular complexity index is 1120. The van der Waals surface area contributed by atoms with Crippen LogP contribution in [-0.4, -0.2) is 49.2 Å². The standard InChI is InChI=1S/C21H24N4O6S/c1-2-20(26)22-17-5-4-12-24(14-17)21(27)15-8-10-16(11-9-15)23-32(30,31)19-7-3-6-18(13-19)25(28)29/h3,6-11,13,17,23H,2,4-5,12,14H2,1H3,(H,22,26). The average molecular weight is 461 g/mol. The lowest BCUT2D eigenvalue weighted by atomic mass is 10.0. The third kappa shape index (κ3) is 5.61. The second kappa shape index (κ2) is 9.77. The molecule has 2 aromatic carbocycles. The predicted molar refractivity (Wildman–Crippen MR) is 118 cm³/mol. The molecule has 1 heterocycles. The Morgan fingerprint density at radius 2 is 1.91 bits per heavy atom. The molecule has 0 radical (unpaired) electrons. The molecule has 32 heavy (non-hydrogen) atoms. The van der Waals surface area contributed by atoms with Crippen molar-refractivity contribution in [2.24, 2.45) is 0 Å². The fraction of sp³-hybridized carbons (Fsp3) is 0.333. The SMILES string of the molecule is CCC(=O)NC1CCCN(C(=O)c2ccc(NS(=O)(=O)c3cccc([N+](=O)[O-])c3)cc2)C1. The molecule has 2 N–H and O–H groups in total. The predicted octanol–water partition coefficient (Wildman–Crippen LogP) is 2.53. The first-order valence-corrected chi connectivity index (χ1v) is 11.6. The lowest BCUT2D eigenvalue weighted by Crippen LogP contribution is -2.49. The Morgan fingerprint density at radius 3 is 2.56 bits per heavy atom. The van der Waals surface area contributed by atoms with Crippen LogP contribution < -0.4 is 10.0 Å². The molecule has 1 aliphatic rings. The number of carbonyl (C=O) groups is 2. The summed E-state index contributed by atoms with van der Waals surface area (Å²) in [7, 11) is -4.03. The van der Waals surface area contributed by atoms with Crippen LogP contribution in [0.15, 0.2) is 53.4 Å². The van der Waals surface area contributed by atoms with Crippen LogP contribution >= 0.6 is 0 Å². The van der Waals surface area contributed by atoms with Crippen molar-refractivity contribution in [2.45, 2.75) is 37.1 Å². The maximum atomic E-state index is 12.8. The lowest BCUT2D eigenvalue weighted by molar-refractivity contribution is -0.385. The van der Waals surface area contributed by atoms with Gasteiger partial charge in [0, 0.05) is 48.9 Å². The minimum absolute atomic E-state index is 0.0512. The molecule has 1 aliphatic heterocycles. The van der Waals surface area contributed by atoms with Gasteiger partial charge in [0.2, 0.25) is 5.91 Å². The summed E-state index contributed by atoms with van der Waals surface area (Å²) in [6, 6.07) is 10.6. The van der Waals surface area contributed by atoms with E-state index in [0.717, 1.165) is 18.9 Å². The Labute approximate surface area is 185 Å². The number of non-ortho nitro benzene ring substituents is 1. The summed E-state index contributed by atoms with van der Waals surface area (Å²) in [5, 5.41) is 13.8. The number of sulfonamides is 1. The highest BCUT2D eigenvalue weighted by atomic mass is 32.2. The highest BCUT2D eigenvalue weighted by Gasteiger charge is 2.25. The number of likely N-dealkylation sites (tertiary alicyclic amines) is 1. The van der Waals surface area contributed by atoms with Gasteiger partial charge in [-0.1, -0.05) is 13.0 Å². The van der Waals surface area contributed by atoms with Gasteiger partial charge in [-0.3, -0.25) is 24.4 Å². The van der Waals surface area contributed by atoms with E-state index < -0.39 is 14.9 Å². The number of nitro benzene ring substituents is 1. The van der Waals surface area contributed by atoms with E-state index in [0.29, 0.717) is 25.1 Å². The van der Waals surface area contributed by atoms with E-state index in [2.05, 4.69) is 10.0 Å². The summed E-state index contributed by atoms with van der Waals surface area (Å²) < 4.78 is 27.5. The number of rotatable bonds is 7. The monoisotopic (exact) mass is 460 g/mol. The highest BCUT2D eigenvalue weighted by Crippen LogP contribution is 2.21. The topological polar surface area (TPSA) is 139 Å². The lowest BCUT2D eigenvalue weighted by Gasteiger charge is -2.33. The van der Waals surface area contributed by atoms with Crippen molar-refractivity contribution < 1.29 is 22.9 Å². The summed E-state index contributed by atoms with van der Waals surface area (Å²) >= 11 is 0. The average Bonchev–Trinajstić information content (AvgIpc) is 2.79. The van der Waals surface area contributed by atoms with Gasteiger partial charge in [0.1, 0.15) is 0 Å². The van der Waals surface area contributed by atoms with Crippen LogP contribution in [0.1, 0.15) is 36.5 Å². The van der Waals surface area contributed by atoms with Crippen molar-refractivity contribution in [3.05, 3.63) is 64.2 Å². The van der Waals surface area contributed by atoms with Gasteiger partial charge in [-0.05, 0) is 43.2 Å². The van der Waals surface area contributed by atoms with E-state index >= 15 is 0 Å². The maximum Gasteiger partial charge on any atom is 0.270 e. The molecule has 3 rings (SSSR count). The second-order valence-electron chi connectivity index (χ2n) is 7.45. The summed E-state index contributed by atoms with van der Waals surface area (Å²) in [5.74, 6) is -0.252. The Morgan fingerprint density at radius 1 is 1.19 bits per heavy atom. The number of nitro groups is 1. The fourth-order valence-corrected chi connectivity index (χ4v) is 4.55. The molecule has 1 fully saturated rings. The molecule has 170 valence electrons. The largest absolute Gasteiger partial charge is 0.352 e. The van der Waals surface area contributed by atoms with Crippen molar-refractivity contribution >= 4 is 33.2 Å². The molecule has 0 spiro atoms. The second-order valence-corrected chi connectivity index (χ2v) is 9.13. The minimum Gasteiger partial charge on any atom is -0.352 e. The number of anilines is 1. The van der Waals surface area contributed by atoms with Gasteiger partial charge in [-0.25, -0.2) is 8.42 Å². The van der Waals surface area contributed by atoms with E-state index in [-0.39, 0.29) is 34.1 Å². The molecule has 1 atom stereocenters. The molecule has 2 aromatic rings. The highest BCUT2D eigenvalue weighted by molar-refractivity contribution is 7.92. The number of hydrogen-bond donors (Lipinski definition) is 2. The number of nitrogens with one attached hydrogen (secondary N) is 2. The molecule has 0 saturated carbocycles. The zero-order chi connectivity index (χ0) is 23.3. The maximum absolute atomic E-state index is 12.8. The third-order valence-corrected chi connectivity index (χ3v) is 6.50. The Hall–Kier alpha value is -3.47. The summed E-state index contributed by atoms with van der Waals surface area (Å²) in [4.78, 5) is 36.1. The van der Waals surface area contributed by atoms with Crippen molar-refractivity contribution in [1.29, 1.82) is 0 Å². The van der Waals surface area contributed by atoms with Crippen LogP contribution in [0.25, 0.3) is 0 Å². The van der Waals surface area contributed by atoms with Crippen molar-refractivity contribution in [1.82, 2.24) is 10.2 Å². The number of nitrogens with zero attached hydrogens (tertiary/aromatic N) is 2. The van der Waals surface area contributed by atoms with Gasteiger partial charge < -0.3 is 10.2 Å². The molecular formula is C21H24N4O6S. The van der Waals surface area contributed by atoms with Crippen molar-refractivity contribution in [3.63, 3.8) is 0 Å². The van der Waals surface area contributed by atoms with Gasteiger partial charge in [-0.2, -0.15) is 0 Å². The third-order valence-electron chi connectivity index (χ3n) is 5.12. The first-order valence-electron chi connectivity index (χ1n) is 10.2. The molecule has 2 amide bonds. The quantitative estimate of drug-likeness (QED) is 0.481. The first kappa shape index (κ1) is 23.2. The van der Waals surface area contributed by atoms with E-state index in [9.17, 15) is 28.1 Å². The summed E-state index contributed by atoms with van der Waals surface area (Å²) in [6.45, 7) is 2.78.